The van der Waals surface area contributed by atoms with Gasteiger partial charge in [0.2, 0.25) is 0 Å². The first-order chi connectivity index (χ1) is 14.0. The van der Waals surface area contributed by atoms with Gasteiger partial charge in [-0.15, -0.1) is 0 Å². The van der Waals surface area contributed by atoms with Crippen LogP contribution in [0.1, 0.15) is 21.5 Å². The molecule has 0 fully saturated rings. The van der Waals surface area contributed by atoms with Crippen LogP contribution in [0.3, 0.4) is 0 Å². The first-order valence-electron chi connectivity index (χ1n) is 9.20. The number of nitrogens with zero attached hydrogens (tertiary/aromatic N) is 1. The molecule has 0 spiro atoms. The van der Waals surface area contributed by atoms with Crippen molar-refractivity contribution < 1.29 is 14.3 Å². The number of carbonyl (C=O) groups is 2. The number of amides is 2. The van der Waals surface area contributed by atoms with Crippen molar-refractivity contribution in [2.75, 3.05) is 16.8 Å². The van der Waals surface area contributed by atoms with Gasteiger partial charge in [-0.3, -0.25) is 9.59 Å². The van der Waals surface area contributed by atoms with Crippen LogP contribution in [0.15, 0.2) is 66.7 Å². The monoisotopic (exact) mass is 406 g/mol. The second-order valence-corrected chi connectivity index (χ2v) is 7.28. The Kier molecular flexibility index (Phi) is 5.23. The Balaban J connectivity index is 1.61. The van der Waals surface area contributed by atoms with Crippen molar-refractivity contribution in [3.63, 3.8) is 0 Å². The highest BCUT2D eigenvalue weighted by Crippen LogP contribution is 2.35. The lowest BCUT2D eigenvalue weighted by molar-refractivity contribution is -0.121. The molecular formula is C23H19ClN2O3. The number of carbonyl (C=O) groups excluding carboxylic acids is 2. The molecule has 0 radical (unpaired) electrons. The summed E-state index contributed by atoms with van der Waals surface area (Å²) in [5.74, 6) is 0.262. The van der Waals surface area contributed by atoms with Crippen LogP contribution in [-0.2, 0) is 11.3 Å². The van der Waals surface area contributed by atoms with Gasteiger partial charge in [0.05, 0.1) is 12.2 Å². The normalized spacial score (nSPS) is 12.9. The summed E-state index contributed by atoms with van der Waals surface area (Å²) >= 11 is 5.95. The van der Waals surface area contributed by atoms with Gasteiger partial charge >= 0.3 is 0 Å². The number of rotatable bonds is 4. The summed E-state index contributed by atoms with van der Waals surface area (Å²) in [6, 6.07) is 20.0. The molecule has 5 nitrogen and oxygen atoms in total. The Morgan fingerprint density at radius 1 is 1.10 bits per heavy atom. The molecule has 1 aliphatic heterocycles. The third kappa shape index (κ3) is 4.10. The van der Waals surface area contributed by atoms with E-state index in [0.29, 0.717) is 34.3 Å². The SMILES string of the molecule is Cc1ccccc1C(=O)Nc1ccc2c(c1)N(Cc1ccc(Cl)cc1)C(=O)CO2. The van der Waals surface area contributed by atoms with Gasteiger partial charge in [0.1, 0.15) is 5.75 Å². The average Bonchev–Trinajstić information content (AvgIpc) is 2.72. The number of nitrogens with one attached hydrogen (secondary N) is 1. The van der Waals surface area contributed by atoms with Crippen LogP contribution in [0.2, 0.25) is 5.02 Å². The van der Waals surface area contributed by atoms with Crippen LogP contribution in [0.25, 0.3) is 0 Å². The first-order valence-corrected chi connectivity index (χ1v) is 9.58. The van der Waals surface area contributed by atoms with Crippen molar-refractivity contribution in [1.82, 2.24) is 0 Å². The zero-order valence-corrected chi connectivity index (χ0v) is 16.6. The standard InChI is InChI=1S/C23H19ClN2O3/c1-15-4-2-3-5-19(15)23(28)25-18-10-11-21-20(12-18)26(22(27)14-29-21)13-16-6-8-17(24)9-7-16/h2-12H,13-14H2,1H3,(H,25,28). The topological polar surface area (TPSA) is 58.6 Å². The molecular weight excluding hydrogens is 388 g/mol. The number of benzene rings is 3. The van der Waals surface area contributed by atoms with Crippen molar-refractivity contribution in [3.05, 3.63) is 88.4 Å². The quantitative estimate of drug-likeness (QED) is 0.675. The largest absolute Gasteiger partial charge is 0.482 e. The van der Waals surface area contributed by atoms with E-state index in [0.717, 1.165) is 11.1 Å². The molecule has 0 saturated carbocycles. The van der Waals surface area contributed by atoms with E-state index in [1.165, 1.54) is 0 Å². The van der Waals surface area contributed by atoms with Gasteiger partial charge in [0.25, 0.3) is 11.8 Å². The van der Waals surface area contributed by atoms with Gasteiger partial charge in [0.15, 0.2) is 6.61 Å². The molecule has 1 aliphatic rings. The smallest absolute Gasteiger partial charge is 0.265 e. The third-order valence-corrected chi connectivity index (χ3v) is 5.06. The fourth-order valence-electron chi connectivity index (χ4n) is 3.25. The maximum absolute atomic E-state index is 12.6. The van der Waals surface area contributed by atoms with Gasteiger partial charge in [-0.25, -0.2) is 0 Å². The summed E-state index contributed by atoms with van der Waals surface area (Å²) in [6.07, 6.45) is 0. The Hall–Kier alpha value is -3.31. The van der Waals surface area contributed by atoms with E-state index in [4.69, 9.17) is 16.3 Å². The van der Waals surface area contributed by atoms with Crippen LogP contribution in [0.5, 0.6) is 5.75 Å². The predicted molar refractivity (Wildman–Crippen MR) is 114 cm³/mol. The lowest BCUT2D eigenvalue weighted by Gasteiger charge is -2.30. The molecule has 146 valence electrons. The molecule has 0 atom stereocenters. The number of halogens is 1. The molecule has 4 rings (SSSR count). The summed E-state index contributed by atoms with van der Waals surface area (Å²) in [5.41, 5.74) is 3.67. The molecule has 0 unspecified atom stereocenters. The second kappa shape index (κ2) is 7.97. The number of anilines is 2. The predicted octanol–water partition coefficient (Wildman–Crippen LogP) is 4.83. The van der Waals surface area contributed by atoms with Gasteiger partial charge in [-0.2, -0.15) is 0 Å². The van der Waals surface area contributed by atoms with Gasteiger partial charge in [0, 0.05) is 16.3 Å². The molecule has 0 bridgehead atoms. The van der Waals surface area contributed by atoms with Crippen LogP contribution in [0.4, 0.5) is 11.4 Å². The Morgan fingerprint density at radius 3 is 2.62 bits per heavy atom. The van der Waals surface area contributed by atoms with Crippen LogP contribution in [0, 0.1) is 6.92 Å². The van der Waals surface area contributed by atoms with E-state index in [2.05, 4.69) is 5.32 Å². The zero-order valence-electron chi connectivity index (χ0n) is 15.8. The number of hydrogen-bond donors (Lipinski definition) is 1. The highest BCUT2D eigenvalue weighted by Gasteiger charge is 2.26. The van der Waals surface area contributed by atoms with Crippen molar-refractivity contribution in [2.45, 2.75) is 13.5 Å². The number of hydrogen-bond acceptors (Lipinski definition) is 3. The Labute approximate surface area is 173 Å². The van der Waals surface area contributed by atoms with Crippen molar-refractivity contribution >= 4 is 34.8 Å². The molecule has 3 aromatic rings. The van der Waals surface area contributed by atoms with Gasteiger partial charge in [-0.1, -0.05) is 41.9 Å². The third-order valence-electron chi connectivity index (χ3n) is 4.80. The number of ether oxygens (including phenoxy) is 1. The summed E-state index contributed by atoms with van der Waals surface area (Å²) in [4.78, 5) is 26.8. The molecule has 0 aliphatic carbocycles. The van der Waals surface area contributed by atoms with Crippen LogP contribution in [-0.4, -0.2) is 18.4 Å². The van der Waals surface area contributed by atoms with Crippen molar-refractivity contribution in [3.8, 4) is 5.75 Å². The van der Waals surface area contributed by atoms with E-state index in [9.17, 15) is 9.59 Å². The molecule has 6 heteroatoms. The average molecular weight is 407 g/mol. The fourth-order valence-corrected chi connectivity index (χ4v) is 3.38. The van der Waals surface area contributed by atoms with Gasteiger partial charge in [-0.05, 0) is 54.4 Å². The molecule has 3 aromatic carbocycles. The molecule has 0 aromatic heterocycles. The highest BCUT2D eigenvalue weighted by atomic mass is 35.5. The van der Waals surface area contributed by atoms with Crippen LogP contribution >= 0.6 is 11.6 Å². The van der Waals surface area contributed by atoms with E-state index in [1.807, 2.05) is 37.3 Å². The minimum Gasteiger partial charge on any atom is -0.482 e. The summed E-state index contributed by atoms with van der Waals surface area (Å²) in [5, 5.41) is 3.55. The number of fused-ring (bicyclic) bond motifs is 1. The van der Waals surface area contributed by atoms with Gasteiger partial charge < -0.3 is 15.0 Å². The molecule has 1 heterocycles. The van der Waals surface area contributed by atoms with Crippen molar-refractivity contribution in [2.24, 2.45) is 0 Å². The minimum absolute atomic E-state index is 0.0183. The van der Waals surface area contributed by atoms with Crippen molar-refractivity contribution in [1.29, 1.82) is 0 Å². The number of aryl methyl sites for hydroxylation is 1. The maximum Gasteiger partial charge on any atom is 0.265 e. The fraction of sp³-hybridized carbons (Fsp3) is 0.130. The van der Waals surface area contributed by atoms with E-state index in [-0.39, 0.29) is 18.4 Å². The van der Waals surface area contributed by atoms with E-state index < -0.39 is 0 Å². The van der Waals surface area contributed by atoms with E-state index in [1.54, 1.807) is 41.3 Å². The lowest BCUT2D eigenvalue weighted by atomic mass is 10.1. The highest BCUT2D eigenvalue weighted by molar-refractivity contribution is 6.30. The Bertz CT molecular complexity index is 1080. The van der Waals surface area contributed by atoms with Crippen LogP contribution < -0.4 is 15.0 Å². The first kappa shape index (κ1) is 19.0. The lowest BCUT2D eigenvalue weighted by Crippen LogP contribution is -2.38. The zero-order chi connectivity index (χ0) is 20.4. The summed E-state index contributed by atoms with van der Waals surface area (Å²) < 4.78 is 5.56. The second-order valence-electron chi connectivity index (χ2n) is 6.85. The molecule has 29 heavy (non-hydrogen) atoms. The summed E-state index contributed by atoms with van der Waals surface area (Å²) in [7, 11) is 0. The Morgan fingerprint density at radius 2 is 1.86 bits per heavy atom. The minimum atomic E-state index is -0.199. The maximum atomic E-state index is 12.6. The summed E-state index contributed by atoms with van der Waals surface area (Å²) in [6.45, 7) is 2.26. The molecule has 0 saturated heterocycles. The molecule has 1 N–H and O–H groups in total. The van der Waals surface area contributed by atoms with E-state index >= 15 is 0 Å². The molecule has 2 amide bonds.